The second kappa shape index (κ2) is 10.7. The van der Waals surface area contributed by atoms with Crippen molar-refractivity contribution >= 4 is 11.9 Å². The summed E-state index contributed by atoms with van der Waals surface area (Å²) in [6.07, 6.45) is 0.668. The minimum absolute atomic E-state index is 0.210. The lowest BCUT2D eigenvalue weighted by atomic mass is 9.88. The van der Waals surface area contributed by atoms with Crippen LogP contribution in [0.2, 0.25) is 0 Å². The zero-order chi connectivity index (χ0) is 25.7. The van der Waals surface area contributed by atoms with E-state index in [1.807, 2.05) is 30.3 Å². The van der Waals surface area contributed by atoms with Gasteiger partial charge in [-0.3, -0.25) is 14.2 Å². The molecule has 1 heterocycles. The molecule has 1 unspecified atom stereocenters. The second-order valence-electron chi connectivity index (χ2n) is 8.30. The minimum Gasteiger partial charge on any atom is -0.489 e. The van der Waals surface area contributed by atoms with Crippen LogP contribution in [-0.4, -0.2) is 52.6 Å². The standard InChI is InChI=1S/C26H26N4O5/c1-29(2)24(31)17-10-11-18(15-27)19(13-17)14-20(12-16-8-6-5-7-9-16)23-28-21(26(33)34)22(35-4)25(32)30(23)3/h5-11,13,20H,12,14H2,1-4H3,(H,33,34). The Balaban J connectivity index is 2.19. The molecule has 1 amide bonds. The maximum atomic E-state index is 12.9. The molecule has 3 aromatic rings. The number of hydrogen-bond acceptors (Lipinski definition) is 6. The number of ether oxygens (including phenoxy) is 1. The highest BCUT2D eigenvalue weighted by Gasteiger charge is 2.26. The molecule has 180 valence electrons. The zero-order valence-corrected chi connectivity index (χ0v) is 20.0. The fourth-order valence-corrected chi connectivity index (χ4v) is 3.97. The van der Waals surface area contributed by atoms with Gasteiger partial charge in [-0.05, 0) is 42.2 Å². The second-order valence-corrected chi connectivity index (χ2v) is 8.30. The summed E-state index contributed by atoms with van der Waals surface area (Å²) >= 11 is 0. The number of nitriles is 1. The van der Waals surface area contributed by atoms with Crippen molar-refractivity contribution in [1.29, 1.82) is 5.26 Å². The largest absolute Gasteiger partial charge is 0.489 e. The number of nitrogens with zero attached hydrogens (tertiary/aromatic N) is 4. The van der Waals surface area contributed by atoms with Crippen LogP contribution < -0.4 is 10.3 Å². The molecule has 9 nitrogen and oxygen atoms in total. The first-order valence-corrected chi connectivity index (χ1v) is 10.8. The van der Waals surface area contributed by atoms with Crippen molar-refractivity contribution < 1.29 is 19.4 Å². The van der Waals surface area contributed by atoms with Crippen LogP contribution in [0.4, 0.5) is 0 Å². The Kier molecular flexibility index (Phi) is 7.66. The van der Waals surface area contributed by atoms with Crippen LogP contribution in [-0.2, 0) is 19.9 Å². The number of amides is 1. The molecule has 0 aliphatic carbocycles. The summed E-state index contributed by atoms with van der Waals surface area (Å²) in [6, 6.07) is 16.5. The summed E-state index contributed by atoms with van der Waals surface area (Å²) in [5.74, 6) is -2.17. The van der Waals surface area contributed by atoms with Gasteiger partial charge in [0.25, 0.3) is 11.5 Å². The summed E-state index contributed by atoms with van der Waals surface area (Å²) in [4.78, 5) is 43.1. The first-order valence-electron chi connectivity index (χ1n) is 10.8. The molecule has 0 radical (unpaired) electrons. The average molecular weight is 475 g/mol. The van der Waals surface area contributed by atoms with E-state index in [1.54, 1.807) is 32.3 Å². The van der Waals surface area contributed by atoms with Crippen molar-refractivity contribution in [3.8, 4) is 11.8 Å². The van der Waals surface area contributed by atoms with Crippen molar-refractivity contribution in [2.45, 2.75) is 18.8 Å². The first kappa shape index (κ1) is 25.2. The number of rotatable bonds is 8. The van der Waals surface area contributed by atoms with Crippen LogP contribution in [0.3, 0.4) is 0 Å². The van der Waals surface area contributed by atoms with Gasteiger partial charge in [0, 0.05) is 32.6 Å². The number of aromatic nitrogens is 2. The molecule has 35 heavy (non-hydrogen) atoms. The molecule has 0 bridgehead atoms. The van der Waals surface area contributed by atoms with Crippen molar-refractivity contribution in [2.75, 3.05) is 21.2 Å². The van der Waals surface area contributed by atoms with Crippen molar-refractivity contribution in [1.82, 2.24) is 14.5 Å². The van der Waals surface area contributed by atoms with E-state index in [-0.39, 0.29) is 23.9 Å². The van der Waals surface area contributed by atoms with E-state index in [9.17, 15) is 24.8 Å². The van der Waals surface area contributed by atoms with E-state index in [0.29, 0.717) is 23.1 Å². The number of carbonyl (C=O) groups excluding carboxylic acids is 1. The van der Waals surface area contributed by atoms with E-state index in [1.165, 1.54) is 23.6 Å². The third-order valence-electron chi connectivity index (χ3n) is 5.73. The molecule has 9 heteroatoms. The molecule has 2 aromatic carbocycles. The maximum absolute atomic E-state index is 12.9. The number of carbonyl (C=O) groups is 2. The lowest BCUT2D eigenvalue weighted by Gasteiger charge is -2.22. The molecular formula is C26H26N4O5. The van der Waals surface area contributed by atoms with Gasteiger partial charge in [0.15, 0.2) is 5.69 Å². The molecular weight excluding hydrogens is 448 g/mol. The number of hydrogen-bond donors (Lipinski definition) is 1. The predicted molar refractivity (Wildman–Crippen MR) is 129 cm³/mol. The molecule has 0 fully saturated rings. The van der Waals surface area contributed by atoms with Gasteiger partial charge < -0.3 is 14.7 Å². The Hall–Kier alpha value is -4.45. The van der Waals surface area contributed by atoms with Gasteiger partial charge in [-0.15, -0.1) is 0 Å². The monoisotopic (exact) mass is 474 g/mol. The number of carboxylic acids is 1. The summed E-state index contributed by atoms with van der Waals surface area (Å²) < 4.78 is 6.31. The topological polar surface area (TPSA) is 126 Å². The van der Waals surface area contributed by atoms with Crippen LogP contribution in [0.15, 0.2) is 53.3 Å². The van der Waals surface area contributed by atoms with E-state index in [2.05, 4.69) is 11.1 Å². The Bertz CT molecular complexity index is 1360. The highest BCUT2D eigenvalue weighted by atomic mass is 16.5. The molecule has 0 saturated heterocycles. The fraction of sp³-hybridized carbons (Fsp3) is 0.269. The third-order valence-corrected chi connectivity index (χ3v) is 5.73. The first-order chi connectivity index (χ1) is 16.7. The van der Waals surface area contributed by atoms with Crippen LogP contribution in [0.5, 0.6) is 5.75 Å². The average Bonchev–Trinajstić information content (AvgIpc) is 2.85. The zero-order valence-electron chi connectivity index (χ0n) is 20.0. The van der Waals surface area contributed by atoms with E-state index >= 15 is 0 Å². The molecule has 1 atom stereocenters. The molecule has 0 spiro atoms. The van der Waals surface area contributed by atoms with Crippen LogP contribution >= 0.6 is 0 Å². The number of benzene rings is 2. The van der Waals surface area contributed by atoms with Gasteiger partial charge in [-0.2, -0.15) is 5.26 Å². The van der Waals surface area contributed by atoms with Gasteiger partial charge in [0.05, 0.1) is 18.7 Å². The minimum atomic E-state index is -1.38. The quantitative estimate of drug-likeness (QED) is 0.532. The number of aromatic carboxylic acids is 1. The molecule has 1 N–H and O–H groups in total. The van der Waals surface area contributed by atoms with Gasteiger partial charge in [0.2, 0.25) is 5.75 Å². The SMILES string of the molecule is COc1c(C(=O)O)nc(C(Cc2ccccc2)Cc2cc(C(=O)N(C)C)ccc2C#N)n(C)c1=O. The smallest absolute Gasteiger partial charge is 0.358 e. The van der Waals surface area contributed by atoms with Gasteiger partial charge in [-0.25, -0.2) is 9.78 Å². The Morgan fingerprint density at radius 2 is 1.86 bits per heavy atom. The van der Waals surface area contributed by atoms with Crippen LogP contribution in [0.25, 0.3) is 0 Å². The van der Waals surface area contributed by atoms with Crippen LogP contribution in [0.1, 0.15) is 49.3 Å². The highest BCUT2D eigenvalue weighted by Crippen LogP contribution is 2.27. The molecule has 3 rings (SSSR count). The summed E-state index contributed by atoms with van der Waals surface area (Å²) in [5.41, 5.74) is 1.26. The van der Waals surface area contributed by atoms with Crippen molar-refractivity contribution in [3.05, 3.63) is 92.7 Å². The van der Waals surface area contributed by atoms with Crippen LogP contribution in [0, 0.1) is 11.3 Å². The van der Waals surface area contributed by atoms with E-state index in [4.69, 9.17) is 4.74 Å². The highest BCUT2D eigenvalue weighted by molar-refractivity contribution is 5.94. The predicted octanol–water partition coefficient (Wildman–Crippen LogP) is 2.63. The number of methoxy groups -OCH3 is 1. The molecule has 0 saturated carbocycles. The molecule has 1 aromatic heterocycles. The fourth-order valence-electron chi connectivity index (χ4n) is 3.97. The maximum Gasteiger partial charge on any atom is 0.358 e. The lowest BCUT2D eigenvalue weighted by Crippen LogP contribution is -2.29. The summed E-state index contributed by atoms with van der Waals surface area (Å²) in [7, 11) is 6.01. The van der Waals surface area contributed by atoms with E-state index < -0.39 is 23.1 Å². The number of carboxylic acid groups (broad SMARTS) is 1. The Morgan fingerprint density at radius 1 is 1.17 bits per heavy atom. The van der Waals surface area contributed by atoms with Gasteiger partial charge in [-0.1, -0.05) is 30.3 Å². The Morgan fingerprint density at radius 3 is 2.43 bits per heavy atom. The molecule has 0 aliphatic rings. The normalized spacial score (nSPS) is 11.4. The van der Waals surface area contributed by atoms with Crippen molar-refractivity contribution in [2.24, 2.45) is 7.05 Å². The Labute approximate surface area is 202 Å². The summed E-state index contributed by atoms with van der Waals surface area (Å²) in [6.45, 7) is 0. The lowest BCUT2D eigenvalue weighted by molar-refractivity contribution is 0.0684. The van der Waals surface area contributed by atoms with Gasteiger partial charge in [0.1, 0.15) is 5.82 Å². The summed E-state index contributed by atoms with van der Waals surface area (Å²) in [5, 5.41) is 19.4. The van der Waals surface area contributed by atoms with Crippen molar-refractivity contribution in [3.63, 3.8) is 0 Å². The van der Waals surface area contributed by atoms with E-state index in [0.717, 1.165) is 5.56 Å². The molecule has 0 aliphatic heterocycles. The van der Waals surface area contributed by atoms with Gasteiger partial charge >= 0.3 is 5.97 Å². The third kappa shape index (κ3) is 5.38.